The molecule has 0 spiro atoms. The molecule has 142 valence electrons. The number of hydrogen-bond acceptors (Lipinski definition) is 4. The van der Waals surface area contributed by atoms with Crippen LogP contribution >= 0.6 is 0 Å². The predicted molar refractivity (Wildman–Crippen MR) is 101 cm³/mol. The Balaban J connectivity index is 1.41. The van der Waals surface area contributed by atoms with Crippen LogP contribution in [0.1, 0.15) is 79.1 Å². The molecule has 1 heterocycles. The first-order valence-electron chi connectivity index (χ1n) is 10.4. The molecule has 4 nitrogen and oxygen atoms in total. The fraction of sp³-hybridized carbons (Fsp3) is 0.950. The topological polar surface area (TPSA) is 61.6 Å². The lowest BCUT2D eigenvalue weighted by atomic mass is 9.43. The highest BCUT2D eigenvalue weighted by molar-refractivity contribution is 6.45. The third-order valence-corrected chi connectivity index (χ3v) is 7.40. The third kappa shape index (κ3) is 3.57. The minimum Gasteiger partial charge on any atom is -0.405 e. The van der Waals surface area contributed by atoms with Crippen LogP contribution in [0.25, 0.3) is 0 Å². The smallest absolute Gasteiger partial charge is 0.405 e. The van der Waals surface area contributed by atoms with Crippen molar-refractivity contribution in [2.75, 3.05) is 0 Å². The zero-order chi connectivity index (χ0) is 18.2. The highest BCUT2D eigenvalue weighted by Crippen LogP contribution is 2.65. The van der Waals surface area contributed by atoms with E-state index in [4.69, 9.17) is 15.0 Å². The van der Waals surface area contributed by atoms with Crippen LogP contribution in [0.2, 0.25) is 6.32 Å². The van der Waals surface area contributed by atoms with E-state index in [2.05, 4.69) is 27.7 Å². The van der Waals surface area contributed by atoms with Crippen molar-refractivity contribution in [1.82, 2.24) is 0 Å². The van der Waals surface area contributed by atoms with Gasteiger partial charge in [0.1, 0.15) is 5.78 Å². The van der Waals surface area contributed by atoms with Crippen LogP contribution in [0.3, 0.4) is 0 Å². The van der Waals surface area contributed by atoms with Crippen LogP contribution in [0.5, 0.6) is 0 Å². The Hall–Kier alpha value is -0.385. The second kappa shape index (κ2) is 7.32. The summed E-state index contributed by atoms with van der Waals surface area (Å²) in [6.45, 7) is 9.16. The van der Waals surface area contributed by atoms with E-state index in [1.807, 2.05) is 0 Å². The number of carbonyl (C=O) groups excluding carboxylic acids is 1. The van der Waals surface area contributed by atoms with Gasteiger partial charge in [-0.3, -0.25) is 4.79 Å². The Morgan fingerprint density at radius 2 is 2.00 bits per heavy atom. The van der Waals surface area contributed by atoms with Gasteiger partial charge >= 0.3 is 7.12 Å². The van der Waals surface area contributed by atoms with Crippen LogP contribution in [-0.2, 0) is 14.1 Å². The van der Waals surface area contributed by atoms with Gasteiger partial charge in [-0.05, 0) is 56.2 Å². The van der Waals surface area contributed by atoms with Crippen molar-refractivity contribution >= 4 is 12.9 Å². The summed E-state index contributed by atoms with van der Waals surface area (Å²) in [5.74, 6) is 1.57. The summed E-state index contributed by atoms with van der Waals surface area (Å²) < 4.78 is 12.6. The van der Waals surface area contributed by atoms with Crippen molar-refractivity contribution in [3.8, 4) is 0 Å². The predicted octanol–water partition coefficient (Wildman–Crippen LogP) is 3.97. The molecule has 4 aliphatic rings. The molecule has 4 rings (SSSR count). The largest absolute Gasteiger partial charge is 0.457 e. The zero-order valence-corrected chi connectivity index (χ0v) is 16.6. The molecule has 0 radical (unpaired) electrons. The summed E-state index contributed by atoms with van der Waals surface area (Å²) in [4.78, 5) is 12.2. The van der Waals surface area contributed by atoms with Crippen molar-refractivity contribution in [1.29, 1.82) is 0 Å². The van der Waals surface area contributed by atoms with E-state index in [-0.39, 0.29) is 30.6 Å². The normalized spacial score (nSPS) is 36.7. The van der Waals surface area contributed by atoms with Crippen molar-refractivity contribution in [2.45, 2.75) is 103 Å². The average Bonchev–Trinajstić information content (AvgIpc) is 2.90. The Kier molecular flexibility index (Phi) is 5.68. The number of nitrogens with two attached hydrogens (primary N) is 1. The molecule has 1 saturated heterocycles. The van der Waals surface area contributed by atoms with E-state index in [9.17, 15) is 4.79 Å². The Labute approximate surface area is 153 Å². The maximum Gasteiger partial charge on any atom is 0.457 e. The van der Waals surface area contributed by atoms with E-state index in [1.54, 1.807) is 0 Å². The van der Waals surface area contributed by atoms with Crippen molar-refractivity contribution in [2.24, 2.45) is 23.0 Å². The van der Waals surface area contributed by atoms with Gasteiger partial charge < -0.3 is 15.0 Å². The van der Waals surface area contributed by atoms with Crippen molar-refractivity contribution in [3.05, 3.63) is 0 Å². The third-order valence-electron chi connectivity index (χ3n) is 7.40. The van der Waals surface area contributed by atoms with E-state index >= 15 is 0 Å². The summed E-state index contributed by atoms with van der Waals surface area (Å²) in [6.07, 6.45) is 9.00. The quantitative estimate of drug-likeness (QED) is 0.505. The highest BCUT2D eigenvalue weighted by atomic mass is 16.7. The van der Waals surface area contributed by atoms with Crippen LogP contribution in [0.15, 0.2) is 0 Å². The number of Topliss-reactive ketones (excluding diaryl/α,β-unsaturated/α-hetero) is 1. The zero-order valence-electron chi connectivity index (χ0n) is 16.6. The maximum absolute atomic E-state index is 12.2. The molecule has 3 aliphatic carbocycles. The molecule has 3 saturated carbocycles. The van der Waals surface area contributed by atoms with E-state index in [1.165, 1.54) is 6.42 Å². The first-order chi connectivity index (χ1) is 11.8. The number of unbranched alkanes of at least 4 members (excludes halogenated alkanes) is 2. The Bertz CT molecular complexity index is 497. The fourth-order valence-corrected chi connectivity index (χ4v) is 5.48. The standard InChI is InChI=1S/C20H36BNO3/c1-5-6-7-9-15(22)16(23)10-8-11-21-24-18-13-14-12-17(19(14,2)3)20(18,4)25-21/h14-15,17-18H,5-13,22H2,1-4H3/t14?,15-,17?,18?,20+/m0/s1. The molecule has 2 N–H and O–H groups in total. The molecule has 2 bridgehead atoms. The van der Waals surface area contributed by atoms with Crippen molar-refractivity contribution < 1.29 is 14.1 Å². The van der Waals surface area contributed by atoms with E-state index < -0.39 is 0 Å². The van der Waals surface area contributed by atoms with Crippen LogP contribution in [0, 0.1) is 17.3 Å². The number of rotatable bonds is 9. The maximum atomic E-state index is 12.2. The van der Waals surface area contributed by atoms with E-state index in [0.29, 0.717) is 17.8 Å². The lowest BCUT2D eigenvalue weighted by Crippen LogP contribution is -2.65. The number of hydrogen-bond donors (Lipinski definition) is 1. The van der Waals surface area contributed by atoms with Crippen molar-refractivity contribution in [3.63, 3.8) is 0 Å². The second-order valence-corrected chi connectivity index (χ2v) is 9.36. The molecule has 4 fully saturated rings. The molecule has 0 amide bonds. The van der Waals surface area contributed by atoms with Gasteiger partial charge in [0.15, 0.2) is 0 Å². The summed E-state index contributed by atoms with van der Waals surface area (Å²) in [5.41, 5.74) is 6.25. The molecular formula is C20H36BNO3. The summed E-state index contributed by atoms with van der Waals surface area (Å²) >= 11 is 0. The fourth-order valence-electron chi connectivity index (χ4n) is 5.48. The van der Waals surface area contributed by atoms with E-state index in [0.717, 1.165) is 50.8 Å². The lowest BCUT2D eigenvalue weighted by molar-refractivity contribution is -0.199. The lowest BCUT2D eigenvalue weighted by Gasteiger charge is -2.64. The van der Waals surface area contributed by atoms with Gasteiger partial charge in [0.05, 0.1) is 17.7 Å². The molecule has 0 aromatic rings. The number of carbonyl (C=O) groups is 1. The molecule has 1 aliphatic heterocycles. The van der Waals surface area contributed by atoms with Gasteiger partial charge in [0.2, 0.25) is 0 Å². The monoisotopic (exact) mass is 349 g/mol. The van der Waals surface area contributed by atoms with Gasteiger partial charge in [-0.15, -0.1) is 0 Å². The molecule has 3 unspecified atom stereocenters. The Morgan fingerprint density at radius 3 is 2.68 bits per heavy atom. The van der Waals surface area contributed by atoms with Gasteiger partial charge in [0, 0.05) is 6.42 Å². The molecule has 0 aromatic heterocycles. The first kappa shape index (κ1) is 19.4. The van der Waals surface area contributed by atoms with Crippen LogP contribution in [-0.4, -0.2) is 30.6 Å². The van der Waals surface area contributed by atoms with Gasteiger partial charge in [-0.25, -0.2) is 0 Å². The molecule has 5 heteroatoms. The van der Waals surface area contributed by atoms with Gasteiger partial charge in [0.25, 0.3) is 0 Å². The molecule has 0 aromatic carbocycles. The second-order valence-electron chi connectivity index (χ2n) is 9.36. The Morgan fingerprint density at radius 1 is 1.24 bits per heavy atom. The van der Waals surface area contributed by atoms with Crippen LogP contribution in [0.4, 0.5) is 0 Å². The average molecular weight is 349 g/mol. The number of ketones is 1. The minimum absolute atomic E-state index is 0.135. The SMILES string of the molecule is CCCCC[C@H](N)C(=O)CCCB1OC2CC3CC(C3(C)C)[C@@]2(C)O1. The minimum atomic E-state index is -0.287. The molecule has 25 heavy (non-hydrogen) atoms. The molecular weight excluding hydrogens is 313 g/mol. The van der Waals surface area contributed by atoms with Gasteiger partial charge in [-0.2, -0.15) is 0 Å². The first-order valence-corrected chi connectivity index (χ1v) is 10.4. The molecule has 5 atom stereocenters. The summed E-state index contributed by atoms with van der Waals surface area (Å²) in [5, 5.41) is 0. The summed E-state index contributed by atoms with van der Waals surface area (Å²) in [6, 6.07) is -0.287. The summed E-state index contributed by atoms with van der Waals surface area (Å²) in [7, 11) is -0.144. The van der Waals surface area contributed by atoms with Gasteiger partial charge in [-0.1, -0.05) is 40.0 Å². The van der Waals surface area contributed by atoms with Crippen LogP contribution < -0.4 is 5.73 Å². The highest BCUT2D eigenvalue weighted by Gasteiger charge is 2.67.